The van der Waals surface area contributed by atoms with Gasteiger partial charge in [0.15, 0.2) is 0 Å². The summed E-state index contributed by atoms with van der Waals surface area (Å²) >= 11 is 6.12. The fourth-order valence-electron chi connectivity index (χ4n) is 3.61. The van der Waals surface area contributed by atoms with Crippen LogP contribution in [0.3, 0.4) is 0 Å². The average molecular weight is 385 g/mol. The Morgan fingerprint density at radius 3 is 2.85 bits per heavy atom. The maximum atomic E-state index is 13.0. The topological polar surface area (TPSA) is 68.9 Å². The normalized spacial score (nSPS) is 13.6. The van der Waals surface area contributed by atoms with Crippen molar-refractivity contribution in [2.75, 3.05) is 5.32 Å². The summed E-state index contributed by atoms with van der Waals surface area (Å²) in [6.45, 7) is 4.54. The average Bonchev–Trinajstić information content (AvgIpc) is 2.94. The van der Waals surface area contributed by atoms with Gasteiger partial charge in [-0.25, -0.2) is 4.98 Å². The number of nitrogens with zero attached hydrogens (tertiary/aromatic N) is 3. The number of aryl methyl sites for hydroxylation is 3. The highest BCUT2D eigenvalue weighted by Crippen LogP contribution is 2.21. The fourth-order valence-corrected chi connectivity index (χ4v) is 3.79. The predicted octanol–water partition coefficient (Wildman–Crippen LogP) is 3.44. The smallest absolute Gasteiger partial charge is 0.278 e. The molecule has 1 aliphatic rings. The molecule has 3 heterocycles. The molecule has 0 radical (unpaired) electrons. The molecule has 0 atom stereocenters. The SMILES string of the molecule is Cc1ccc(NC(=O)Cn2c(C)cc3nc4n(c(=O)c32)CCCC4)cc1Cl. The molecule has 27 heavy (non-hydrogen) atoms. The zero-order valence-corrected chi connectivity index (χ0v) is 16.1. The zero-order chi connectivity index (χ0) is 19.1. The number of carbonyl (C=O) groups excluding carboxylic acids is 1. The van der Waals surface area contributed by atoms with Gasteiger partial charge >= 0.3 is 0 Å². The molecule has 4 rings (SSSR count). The number of hydrogen-bond donors (Lipinski definition) is 1. The van der Waals surface area contributed by atoms with Gasteiger partial charge in [0.1, 0.15) is 17.9 Å². The Kier molecular flexibility index (Phi) is 4.52. The van der Waals surface area contributed by atoms with Crippen LogP contribution in [-0.2, 0) is 24.3 Å². The molecule has 0 bridgehead atoms. The Balaban J connectivity index is 1.67. The summed E-state index contributed by atoms with van der Waals surface area (Å²) in [6, 6.07) is 7.27. The van der Waals surface area contributed by atoms with Crippen molar-refractivity contribution in [2.45, 2.75) is 46.2 Å². The van der Waals surface area contributed by atoms with Crippen LogP contribution in [0.15, 0.2) is 29.1 Å². The maximum absolute atomic E-state index is 13.0. The van der Waals surface area contributed by atoms with Crippen LogP contribution < -0.4 is 10.9 Å². The molecule has 6 nitrogen and oxygen atoms in total. The van der Waals surface area contributed by atoms with Crippen molar-refractivity contribution in [1.29, 1.82) is 0 Å². The van der Waals surface area contributed by atoms with E-state index in [4.69, 9.17) is 11.6 Å². The molecule has 7 heteroatoms. The number of benzene rings is 1. The van der Waals surface area contributed by atoms with E-state index in [2.05, 4.69) is 10.3 Å². The van der Waals surface area contributed by atoms with Crippen molar-refractivity contribution < 1.29 is 4.79 Å². The Morgan fingerprint density at radius 1 is 1.26 bits per heavy atom. The number of halogens is 1. The van der Waals surface area contributed by atoms with Crippen LogP contribution in [0.25, 0.3) is 11.0 Å². The molecule has 1 N–H and O–H groups in total. The Morgan fingerprint density at radius 2 is 2.07 bits per heavy atom. The van der Waals surface area contributed by atoms with E-state index in [0.29, 0.717) is 28.3 Å². The first-order valence-electron chi connectivity index (χ1n) is 9.09. The summed E-state index contributed by atoms with van der Waals surface area (Å²) in [5.41, 5.74) is 3.53. The van der Waals surface area contributed by atoms with Crippen LogP contribution in [0.2, 0.25) is 5.02 Å². The lowest BCUT2D eigenvalue weighted by molar-refractivity contribution is -0.116. The van der Waals surface area contributed by atoms with Gasteiger partial charge in [-0.15, -0.1) is 0 Å². The molecule has 0 fully saturated rings. The fraction of sp³-hybridized carbons (Fsp3) is 0.350. The van der Waals surface area contributed by atoms with Gasteiger partial charge in [0.05, 0.1) is 5.52 Å². The number of carbonyl (C=O) groups is 1. The van der Waals surface area contributed by atoms with Crippen molar-refractivity contribution >= 4 is 34.2 Å². The molecule has 0 spiro atoms. The van der Waals surface area contributed by atoms with Gasteiger partial charge in [0.25, 0.3) is 5.56 Å². The second kappa shape index (κ2) is 6.85. The molecular weight excluding hydrogens is 364 g/mol. The third kappa shape index (κ3) is 3.25. The Hall–Kier alpha value is -2.60. The molecule has 1 amide bonds. The lowest BCUT2D eigenvalue weighted by Gasteiger charge is -2.17. The number of nitrogens with one attached hydrogen (secondary N) is 1. The Bertz CT molecular complexity index is 1110. The largest absolute Gasteiger partial charge is 0.330 e. The first kappa shape index (κ1) is 17.8. The number of aromatic nitrogens is 3. The van der Waals surface area contributed by atoms with Crippen molar-refractivity contribution in [3.63, 3.8) is 0 Å². The van der Waals surface area contributed by atoms with E-state index in [1.165, 1.54) is 0 Å². The van der Waals surface area contributed by atoms with Gasteiger partial charge in [-0.2, -0.15) is 0 Å². The number of rotatable bonds is 3. The standard InChI is InChI=1S/C20H21ClN4O2/c1-12-6-7-14(10-15(12)21)22-18(26)11-25-13(2)9-16-19(25)20(27)24-8-4-3-5-17(24)23-16/h6-7,9-10H,3-5,8,11H2,1-2H3,(H,22,26). The molecule has 140 valence electrons. The summed E-state index contributed by atoms with van der Waals surface area (Å²) < 4.78 is 3.50. The lowest BCUT2D eigenvalue weighted by Crippen LogP contribution is -2.30. The van der Waals surface area contributed by atoms with Crippen LogP contribution >= 0.6 is 11.6 Å². The Labute approximate surface area is 161 Å². The van der Waals surface area contributed by atoms with Crippen LogP contribution in [0.5, 0.6) is 0 Å². The number of anilines is 1. The van der Waals surface area contributed by atoms with Gasteiger partial charge in [0.2, 0.25) is 5.91 Å². The van der Waals surface area contributed by atoms with E-state index in [1.807, 2.05) is 32.0 Å². The van der Waals surface area contributed by atoms with Crippen molar-refractivity contribution in [1.82, 2.24) is 14.1 Å². The monoisotopic (exact) mass is 384 g/mol. The van der Waals surface area contributed by atoms with E-state index in [9.17, 15) is 9.59 Å². The maximum Gasteiger partial charge on any atom is 0.278 e. The highest BCUT2D eigenvalue weighted by molar-refractivity contribution is 6.31. The minimum atomic E-state index is -0.211. The number of hydrogen-bond acceptors (Lipinski definition) is 3. The second-order valence-corrected chi connectivity index (χ2v) is 7.47. The second-order valence-electron chi connectivity index (χ2n) is 7.06. The van der Waals surface area contributed by atoms with E-state index >= 15 is 0 Å². The minimum absolute atomic E-state index is 0.0527. The van der Waals surface area contributed by atoms with Gasteiger partial charge < -0.3 is 9.88 Å². The highest BCUT2D eigenvalue weighted by Gasteiger charge is 2.19. The first-order valence-corrected chi connectivity index (χ1v) is 9.47. The predicted molar refractivity (Wildman–Crippen MR) is 106 cm³/mol. The molecule has 3 aromatic rings. The van der Waals surface area contributed by atoms with Gasteiger partial charge in [-0.05, 0) is 50.5 Å². The minimum Gasteiger partial charge on any atom is -0.330 e. The zero-order valence-electron chi connectivity index (χ0n) is 15.4. The molecule has 0 saturated heterocycles. The molecule has 2 aromatic heterocycles. The third-order valence-corrected chi connectivity index (χ3v) is 5.49. The van der Waals surface area contributed by atoms with Crippen LogP contribution in [0.4, 0.5) is 5.69 Å². The van der Waals surface area contributed by atoms with Crippen LogP contribution in [0, 0.1) is 13.8 Å². The van der Waals surface area contributed by atoms with E-state index in [-0.39, 0.29) is 18.0 Å². The quantitative estimate of drug-likeness (QED) is 0.752. The number of fused-ring (bicyclic) bond motifs is 2. The van der Waals surface area contributed by atoms with Crippen molar-refractivity contribution in [3.05, 3.63) is 56.7 Å². The summed E-state index contributed by atoms with van der Waals surface area (Å²) in [4.78, 5) is 30.2. The van der Waals surface area contributed by atoms with E-state index in [0.717, 1.165) is 36.3 Å². The molecule has 1 aromatic carbocycles. The summed E-state index contributed by atoms with van der Waals surface area (Å²) in [7, 11) is 0. The van der Waals surface area contributed by atoms with Crippen LogP contribution in [0.1, 0.15) is 29.9 Å². The summed E-state index contributed by atoms with van der Waals surface area (Å²) in [5, 5.41) is 3.45. The van der Waals surface area contributed by atoms with Crippen molar-refractivity contribution in [2.24, 2.45) is 0 Å². The first-order chi connectivity index (χ1) is 12.9. The summed E-state index contributed by atoms with van der Waals surface area (Å²) in [6.07, 6.45) is 2.86. The summed E-state index contributed by atoms with van der Waals surface area (Å²) in [5.74, 6) is 0.632. The van der Waals surface area contributed by atoms with E-state index in [1.54, 1.807) is 15.2 Å². The van der Waals surface area contributed by atoms with Gasteiger partial charge in [0, 0.05) is 29.4 Å². The third-order valence-electron chi connectivity index (χ3n) is 5.08. The van der Waals surface area contributed by atoms with Crippen LogP contribution in [-0.4, -0.2) is 20.0 Å². The lowest BCUT2D eigenvalue weighted by atomic mass is 10.1. The molecule has 0 aliphatic carbocycles. The molecular formula is C20H21ClN4O2. The molecule has 1 aliphatic heterocycles. The molecule has 0 unspecified atom stereocenters. The van der Waals surface area contributed by atoms with Crippen molar-refractivity contribution in [3.8, 4) is 0 Å². The van der Waals surface area contributed by atoms with Gasteiger partial charge in [-0.3, -0.25) is 14.2 Å². The van der Waals surface area contributed by atoms with E-state index < -0.39 is 0 Å². The van der Waals surface area contributed by atoms with Gasteiger partial charge in [-0.1, -0.05) is 17.7 Å². The molecule has 0 saturated carbocycles. The highest BCUT2D eigenvalue weighted by atomic mass is 35.5. The number of amides is 1.